The fourth-order valence-electron chi connectivity index (χ4n) is 3.85. The average molecular weight is 505 g/mol. The molecular formula is C26H21FN4O2S2. The zero-order chi connectivity index (χ0) is 24.4. The zero-order valence-corrected chi connectivity index (χ0v) is 20.4. The third-order valence-corrected chi connectivity index (χ3v) is 7.69. The van der Waals surface area contributed by atoms with Crippen LogP contribution in [-0.2, 0) is 11.3 Å². The molecule has 0 bridgehead atoms. The van der Waals surface area contributed by atoms with Crippen LogP contribution in [0.5, 0.6) is 0 Å². The summed E-state index contributed by atoms with van der Waals surface area (Å²) in [4.78, 5) is 36.1. The number of hydrogen-bond acceptors (Lipinski definition) is 6. The molecule has 1 N–H and O–H groups in total. The van der Waals surface area contributed by atoms with Gasteiger partial charge in [-0.15, -0.1) is 11.3 Å². The topological polar surface area (TPSA) is 76.9 Å². The number of carbonyl (C=O) groups is 1. The van der Waals surface area contributed by atoms with Crippen molar-refractivity contribution in [1.29, 1.82) is 0 Å². The van der Waals surface area contributed by atoms with Gasteiger partial charge in [0.25, 0.3) is 5.56 Å². The van der Waals surface area contributed by atoms with Crippen molar-refractivity contribution in [3.05, 3.63) is 94.7 Å². The number of para-hydroxylation sites is 1. The van der Waals surface area contributed by atoms with Gasteiger partial charge in [-0.25, -0.2) is 14.4 Å². The number of nitrogens with zero attached hydrogens (tertiary/aromatic N) is 3. The van der Waals surface area contributed by atoms with Crippen LogP contribution in [0.4, 0.5) is 10.1 Å². The van der Waals surface area contributed by atoms with Crippen molar-refractivity contribution in [3.63, 3.8) is 0 Å². The third-order valence-electron chi connectivity index (χ3n) is 5.62. The standard InChI is InChI=1S/C26H21FN4O2S2/c1-16(17-8-3-2-4-9-17)14-31-25(33)23-22(18-10-7-13-28-24(18)35-23)30-26(31)34-15-21(32)29-20-12-6-5-11-19(20)27/h2-13,16H,14-15H2,1H3,(H,29,32). The molecule has 35 heavy (non-hydrogen) atoms. The molecule has 1 amide bonds. The fraction of sp³-hybridized carbons (Fsp3) is 0.154. The minimum absolute atomic E-state index is 0.0215. The highest BCUT2D eigenvalue weighted by Gasteiger charge is 2.20. The molecule has 0 aliphatic carbocycles. The summed E-state index contributed by atoms with van der Waals surface area (Å²) < 4.78 is 16.1. The minimum Gasteiger partial charge on any atom is -0.323 e. The second-order valence-corrected chi connectivity index (χ2v) is 10.0. The maximum absolute atomic E-state index is 13.9. The van der Waals surface area contributed by atoms with Crippen molar-refractivity contribution in [3.8, 4) is 0 Å². The summed E-state index contributed by atoms with van der Waals surface area (Å²) in [5.74, 6) is -0.857. The molecule has 0 spiro atoms. The maximum Gasteiger partial charge on any atom is 0.272 e. The highest BCUT2D eigenvalue weighted by atomic mass is 32.2. The van der Waals surface area contributed by atoms with Crippen molar-refractivity contribution in [2.75, 3.05) is 11.1 Å². The first-order valence-electron chi connectivity index (χ1n) is 11.0. The zero-order valence-electron chi connectivity index (χ0n) is 18.8. The van der Waals surface area contributed by atoms with Crippen LogP contribution in [0.1, 0.15) is 18.4 Å². The van der Waals surface area contributed by atoms with Crippen molar-refractivity contribution in [2.45, 2.75) is 24.5 Å². The van der Waals surface area contributed by atoms with Crippen molar-refractivity contribution in [1.82, 2.24) is 14.5 Å². The normalized spacial score (nSPS) is 12.2. The molecule has 3 aromatic heterocycles. The summed E-state index contributed by atoms with van der Waals surface area (Å²) in [5, 5.41) is 3.84. The quantitative estimate of drug-likeness (QED) is 0.228. The minimum atomic E-state index is -0.503. The third kappa shape index (κ3) is 4.82. The van der Waals surface area contributed by atoms with Gasteiger partial charge in [0.2, 0.25) is 5.91 Å². The number of aromatic nitrogens is 3. The van der Waals surface area contributed by atoms with Gasteiger partial charge in [0.15, 0.2) is 5.16 Å². The molecule has 5 aromatic rings. The SMILES string of the molecule is CC(Cn1c(SCC(=O)Nc2ccccc2F)nc2c(sc3ncccc32)c1=O)c1ccccc1. The fourth-order valence-corrected chi connectivity index (χ4v) is 5.68. The first-order chi connectivity index (χ1) is 17.0. The Labute approximate surface area is 208 Å². The number of benzene rings is 2. The Hall–Kier alpha value is -3.56. The van der Waals surface area contributed by atoms with Crippen LogP contribution in [0, 0.1) is 5.82 Å². The van der Waals surface area contributed by atoms with Gasteiger partial charge < -0.3 is 5.32 Å². The molecule has 0 saturated carbocycles. The van der Waals surface area contributed by atoms with E-state index in [4.69, 9.17) is 4.98 Å². The van der Waals surface area contributed by atoms with Crippen LogP contribution in [0.25, 0.3) is 20.4 Å². The Morgan fingerprint density at radius 3 is 2.69 bits per heavy atom. The summed E-state index contributed by atoms with van der Waals surface area (Å²) in [7, 11) is 0. The van der Waals surface area contributed by atoms with Gasteiger partial charge in [-0.05, 0) is 35.7 Å². The number of amides is 1. The predicted octanol–water partition coefficient (Wildman–Crippen LogP) is 5.68. The average Bonchev–Trinajstić information content (AvgIpc) is 3.25. The number of halogens is 1. The van der Waals surface area contributed by atoms with Crippen molar-refractivity contribution >= 4 is 55.1 Å². The number of thiophene rings is 1. The molecule has 1 unspecified atom stereocenters. The molecule has 0 fully saturated rings. The van der Waals surface area contributed by atoms with Crippen LogP contribution < -0.4 is 10.9 Å². The Kier molecular flexibility index (Phi) is 6.61. The lowest BCUT2D eigenvalue weighted by atomic mass is 10.0. The molecule has 0 aliphatic heterocycles. The molecule has 176 valence electrons. The molecule has 0 radical (unpaired) electrons. The van der Waals surface area contributed by atoms with Gasteiger partial charge in [-0.3, -0.25) is 14.2 Å². The van der Waals surface area contributed by atoms with Crippen molar-refractivity contribution < 1.29 is 9.18 Å². The molecule has 3 heterocycles. The van der Waals surface area contributed by atoms with E-state index in [9.17, 15) is 14.0 Å². The van der Waals surface area contributed by atoms with Crippen molar-refractivity contribution in [2.24, 2.45) is 0 Å². The van der Waals surface area contributed by atoms with E-state index in [1.165, 1.54) is 23.5 Å². The van der Waals surface area contributed by atoms with E-state index in [0.717, 1.165) is 27.5 Å². The van der Waals surface area contributed by atoms with E-state index >= 15 is 0 Å². The number of carbonyl (C=O) groups excluding carboxylic acids is 1. The second kappa shape index (κ2) is 9.97. The largest absolute Gasteiger partial charge is 0.323 e. The number of fused-ring (bicyclic) bond motifs is 3. The van der Waals surface area contributed by atoms with E-state index in [1.807, 2.05) is 42.5 Å². The number of pyridine rings is 1. The van der Waals surface area contributed by atoms with E-state index < -0.39 is 5.82 Å². The van der Waals surface area contributed by atoms with Gasteiger partial charge in [0, 0.05) is 18.1 Å². The van der Waals surface area contributed by atoms with Gasteiger partial charge in [-0.1, -0.05) is 61.2 Å². The Bertz CT molecular complexity index is 1580. The second-order valence-electron chi connectivity index (χ2n) is 8.07. The summed E-state index contributed by atoms with van der Waals surface area (Å²) >= 11 is 2.48. The van der Waals surface area contributed by atoms with Crippen LogP contribution in [0.2, 0.25) is 0 Å². The highest BCUT2D eigenvalue weighted by Crippen LogP contribution is 2.31. The lowest BCUT2D eigenvalue weighted by molar-refractivity contribution is -0.113. The van der Waals surface area contributed by atoms with Crippen LogP contribution >= 0.6 is 23.1 Å². The van der Waals surface area contributed by atoms with E-state index in [2.05, 4.69) is 17.2 Å². The summed E-state index contributed by atoms with van der Waals surface area (Å²) in [5.41, 5.74) is 1.65. The monoisotopic (exact) mass is 504 g/mol. The van der Waals surface area contributed by atoms with E-state index in [-0.39, 0.29) is 28.8 Å². The lowest BCUT2D eigenvalue weighted by Gasteiger charge is -2.17. The number of nitrogens with one attached hydrogen (secondary N) is 1. The predicted molar refractivity (Wildman–Crippen MR) is 140 cm³/mol. The lowest BCUT2D eigenvalue weighted by Crippen LogP contribution is -2.25. The first-order valence-corrected chi connectivity index (χ1v) is 12.8. The van der Waals surface area contributed by atoms with Gasteiger partial charge in [0.05, 0.1) is 17.0 Å². The smallest absolute Gasteiger partial charge is 0.272 e. The Morgan fingerprint density at radius 2 is 1.89 bits per heavy atom. The molecular weight excluding hydrogens is 483 g/mol. The number of anilines is 1. The van der Waals surface area contributed by atoms with E-state index in [1.54, 1.807) is 22.9 Å². The molecule has 9 heteroatoms. The summed E-state index contributed by atoms with van der Waals surface area (Å²) in [6.07, 6.45) is 1.69. The van der Waals surface area contributed by atoms with Gasteiger partial charge in [0.1, 0.15) is 15.3 Å². The molecule has 5 rings (SSSR count). The summed E-state index contributed by atoms with van der Waals surface area (Å²) in [6.45, 7) is 2.46. The highest BCUT2D eigenvalue weighted by molar-refractivity contribution is 7.99. The van der Waals surface area contributed by atoms with Crippen LogP contribution in [-0.4, -0.2) is 26.2 Å². The van der Waals surface area contributed by atoms with E-state index in [0.29, 0.717) is 21.9 Å². The molecule has 6 nitrogen and oxygen atoms in total. The van der Waals surface area contributed by atoms with Crippen LogP contribution in [0.3, 0.4) is 0 Å². The molecule has 1 atom stereocenters. The van der Waals surface area contributed by atoms with Gasteiger partial charge in [-0.2, -0.15) is 0 Å². The maximum atomic E-state index is 13.9. The number of rotatable bonds is 7. The number of hydrogen-bond donors (Lipinski definition) is 1. The summed E-state index contributed by atoms with van der Waals surface area (Å²) in [6, 6.07) is 19.7. The Balaban J connectivity index is 1.50. The molecule has 0 saturated heterocycles. The Morgan fingerprint density at radius 1 is 1.11 bits per heavy atom. The molecule has 0 aliphatic rings. The van der Waals surface area contributed by atoms with Crippen LogP contribution in [0.15, 0.2) is 82.9 Å². The molecule has 2 aromatic carbocycles. The first kappa shape index (κ1) is 23.2. The van der Waals surface area contributed by atoms with Gasteiger partial charge >= 0.3 is 0 Å². The number of thioether (sulfide) groups is 1.